The van der Waals surface area contributed by atoms with Gasteiger partial charge in [0, 0.05) is 19.2 Å². The molecule has 0 aromatic heterocycles. The van der Waals surface area contributed by atoms with Crippen LogP contribution in [0.3, 0.4) is 0 Å². The zero-order chi connectivity index (χ0) is 12.5. The van der Waals surface area contributed by atoms with Crippen molar-refractivity contribution in [3.63, 3.8) is 0 Å². The number of ether oxygens (including phenoxy) is 1. The molecule has 100 valence electrons. The minimum absolute atomic E-state index is 0.107. The predicted octanol–water partition coefficient (Wildman–Crippen LogP) is 3.31. The van der Waals surface area contributed by atoms with Crippen molar-refractivity contribution in [3.05, 3.63) is 0 Å². The molecule has 0 aromatic carbocycles. The zero-order valence-electron chi connectivity index (χ0n) is 12.0. The average Bonchev–Trinajstić information content (AvgIpc) is 2.64. The summed E-state index contributed by atoms with van der Waals surface area (Å²) in [4.78, 5) is 2.75. The highest BCUT2D eigenvalue weighted by atomic mass is 16.5. The predicted molar refractivity (Wildman–Crippen MR) is 72.2 cm³/mol. The summed E-state index contributed by atoms with van der Waals surface area (Å²) in [5.74, 6) is 1.66. The van der Waals surface area contributed by atoms with Crippen molar-refractivity contribution in [1.29, 1.82) is 0 Å². The van der Waals surface area contributed by atoms with Gasteiger partial charge in [-0.3, -0.25) is 4.90 Å². The largest absolute Gasteiger partial charge is 0.376 e. The van der Waals surface area contributed by atoms with Gasteiger partial charge in [-0.2, -0.15) is 0 Å². The van der Waals surface area contributed by atoms with Gasteiger partial charge in [-0.25, -0.2) is 0 Å². The monoisotopic (exact) mass is 239 g/mol. The summed E-state index contributed by atoms with van der Waals surface area (Å²) >= 11 is 0. The second-order valence-corrected chi connectivity index (χ2v) is 6.92. The maximum atomic E-state index is 5.82. The summed E-state index contributed by atoms with van der Waals surface area (Å²) in [6.45, 7) is 12.8. The van der Waals surface area contributed by atoms with Crippen molar-refractivity contribution in [1.82, 2.24) is 4.90 Å². The lowest BCUT2D eigenvalue weighted by Crippen LogP contribution is -2.42. The molecule has 2 nitrogen and oxygen atoms in total. The topological polar surface area (TPSA) is 12.5 Å². The molecule has 2 rings (SSSR count). The van der Waals surface area contributed by atoms with Gasteiger partial charge in [0.15, 0.2) is 0 Å². The maximum absolute atomic E-state index is 5.82. The molecular weight excluding hydrogens is 210 g/mol. The van der Waals surface area contributed by atoms with E-state index in [-0.39, 0.29) is 5.60 Å². The highest BCUT2D eigenvalue weighted by molar-refractivity contribution is 4.86. The highest BCUT2D eigenvalue weighted by Gasteiger charge is 2.33. The van der Waals surface area contributed by atoms with Crippen LogP contribution in [0.5, 0.6) is 0 Å². The van der Waals surface area contributed by atoms with Crippen molar-refractivity contribution in [2.45, 2.75) is 65.0 Å². The Labute approximate surface area is 107 Å². The summed E-state index contributed by atoms with van der Waals surface area (Å²) in [6, 6.07) is 0.834. The van der Waals surface area contributed by atoms with Gasteiger partial charge in [0.25, 0.3) is 0 Å². The second kappa shape index (κ2) is 5.27. The first kappa shape index (κ1) is 13.4. The van der Waals surface area contributed by atoms with Gasteiger partial charge in [-0.1, -0.05) is 13.8 Å². The fourth-order valence-electron chi connectivity index (χ4n) is 3.68. The van der Waals surface area contributed by atoms with Crippen LogP contribution in [0.4, 0.5) is 0 Å². The first-order chi connectivity index (χ1) is 7.98. The molecule has 0 saturated carbocycles. The summed E-state index contributed by atoms with van der Waals surface area (Å²) in [7, 11) is 0. The van der Waals surface area contributed by atoms with E-state index in [0.29, 0.717) is 0 Å². The van der Waals surface area contributed by atoms with Crippen LogP contribution in [0.25, 0.3) is 0 Å². The third-order valence-corrected chi connectivity index (χ3v) is 4.48. The van der Waals surface area contributed by atoms with Crippen LogP contribution in [0, 0.1) is 11.8 Å². The van der Waals surface area contributed by atoms with E-state index in [4.69, 9.17) is 4.74 Å². The lowest BCUT2D eigenvalue weighted by molar-refractivity contribution is -0.0777. The third-order valence-electron chi connectivity index (χ3n) is 4.48. The number of hydrogen-bond acceptors (Lipinski definition) is 2. The minimum Gasteiger partial charge on any atom is -0.376 e. The van der Waals surface area contributed by atoms with Gasteiger partial charge in [-0.05, 0) is 57.9 Å². The smallest absolute Gasteiger partial charge is 0.0629 e. The van der Waals surface area contributed by atoms with Gasteiger partial charge in [-0.15, -0.1) is 0 Å². The Hall–Kier alpha value is -0.0800. The fourth-order valence-corrected chi connectivity index (χ4v) is 3.68. The van der Waals surface area contributed by atoms with Crippen molar-refractivity contribution >= 4 is 0 Å². The van der Waals surface area contributed by atoms with Crippen LogP contribution >= 0.6 is 0 Å². The molecule has 0 amide bonds. The second-order valence-electron chi connectivity index (χ2n) is 6.92. The maximum Gasteiger partial charge on any atom is 0.0629 e. The molecule has 2 aliphatic rings. The van der Waals surface area contributed by atoms with Crippen LogP contribution in [-0.4, -0.2) is 36.2 Å². The Morgan fingerprint density at radius 1 is 1.29 bits per heavy atom. The van der Waals surface area contributed by atoms with Crippen molar-refractivity contribution in [3.8, 4) is 0 Å². The van der Waals surface area contributed by atoms with Crippen LogP contribution in [0.2, 0.25) is 0 Å². The molecule has 0 bridgehead atoms. The van der Waals surface area contributed by atoms with E-state index in [2.05, 4.69) is 32.6 Å². The summed E-state index contributed by atoms with van der Waals surface area (Å²) in [5, 5.41) is 0. The summed E-state index contributed by atoms with van der Waals surface area (Å²) in [6.07, 6.45) is 5.29. The molecule has 0 radical (unpaired) electrons. The molecule has 2 atom stereocenters. The normalized spacial score (nSPS) is 34.4. The molecular formula is C15H29NO. The van der Waals surface area contributed by atoms with Gasteiger partial charge < -0.3 is 4.74 Å². The minimum atomic E-state index is 0.107. The Bertz CT molecular complexity index is 249. The molecule has 2 fully saturated rings. The van der Waals surface area contributed by atoms with Gasteiger partial charge in [0.05, 0.1) is 5.60 Å². The molecule has 2 aliphatic heterocycles. The Balaban J connectivity index is 1.87. The molecule has 17 heavy (non-hydrogen) atoms. The molecule has 0 N–H and O–H groups in total. The number of rotatable bonds is 3. The van der Waals surface area contributed by atoms with Crippen LogP contribution in [0.1, 0.15) is 53.4 Å². The summed E-state index contributed by atoms with van der Waals surface area (Å²) < 4.78 is 5.82. The standard InChI is InChI=1S/C15H29NO/c1-12(2)14-6-5-8-16(14)11-13-7-9-17-15(3,4)10-13/h12-14H,5-11H2,1-4H3. The van der Waals surface area contributed by atoms with E-state index in [9.17, 15) is 0 Å². The molecule has 2 unspecified atom stereocenters. The Kier molecular flexibility index (Phi) is 4.14. The van der Waals surface area contributed by atoms with E-state index in [1.54, 1.807) is 0 Å². The molecule has 0 aromatic rings. The Morgan fingerprint density at radius 2 is 2.06 bits per heavy atom. The first-order valence-corrected chi connectivity index (χ1v) is 7.36. The molecule has 2 heteroatoms. The van der Waals surface area contributed by atoms with Gasteiger partial charge >= 0.3 is 0 Å². The van der Waals surface area contributed by atoms with E-state index >= 15 is 0 Å². The van der Waals surface area contributed by atoms with Crippen LogP contribution < -0.4 is 0 Å². The van der Waals surface area contributed by atoms with E-state index in [1.807, 2.05) is 0 Å². The molecule has 2 saturated heterocycles. The number of nitrogens with zero attached hydrogens (tertiary/aromatic N) is 1. The Morgan fingerprint density at radius 3 is 2.71 bits per heavy atom. The van der Waals surface area contributed by atoms with E-state index in [1.165, 1.54) is 38.8 Å². The first-order valence-electron chi connectivity index (χ1n) is 7.36. The van der Waals surface area contributed by atoms with Crippen LogP contribution in [0.15, 0.2) is 0 Å². The zero-order valence-corrected chi connectivity index (χ0v) is 12.0. The third kappa shape index (κ3) is 3.45. The average molecular weight is 239 g/mol. The molecule has 0 spiro atoms. The van der Waals surface area contributed by atoms with Crippen molar-refractivity contribution in [2.24, 2.45) is 11.8 Å². The molecule has 2 heterocycles. The SMILES string of the molecule is CC(C)C1CCCN1CC1CCOC(C)(C)C1. The van der Waals surface area contributed by atoms with Crippen molar-refractivity contribution < 1.29 is 4.74 Å². The van der Waals surface area contributed by atoms with Crippen molar-refractivity contribution in [2.75, 3.05) is 19.7 Å². The lowest BCUT2D eigenvalue weighted by atomic mass is 9.87. The van der Waals surface area contributed by atoms with Gasteiger partial charge in [0.1, 0.15) is 0 Å². The molecule has 0 aliphatic carbocycles. The fraction of sp³-hybridized carbons (Fsp3) is 1.00. The van der Waals surface area contributed by atoms with E-state index in [0.717, 1.165) is 24.5 Å². The lowest BCUT2D eigenvalue weighted by Gasteiger charge is -2.39. The summed E-state index contributed by atoms with van der Waals surface area (Å²) in [5.41, 5.74) is 0.107. The number of hydrogen-bond donors (Lipinski definition) is 0. The van der Waals surface area contributed by atoms with Crippen LogP contribution in [-0.2, 0) is 4.74 Å². The number of likely N-dealkylation sites (tertiary alicyclic amines) is 1. The van der Waals surface area contributed by atoms with E-state index < -0.39 is 0 Å². The highest BCUT2D eigenvalue weighted by Crippen LogP contribution is 2.32. The quantitative estimate of drug-likeness (QED) is 0.749. The van der Waals surface area contributed by atoms with Gasteiger partial charge in [0.2, 0.25) is 0 Å².